The fourth-order valence-electron chi connectivity index (χ4n) is 2.49. The van der Waals surface area contributed by atoms with Crippen molar-refractivity contribution in [2.45, 2.75) is 6.92 Å². The van der Waals surface area contributed by atoms with E-state index in [9.17, 15) is 25.0 Å². The van der Waals surface area contributed by atoms with Crippen molar-refractivity contribution >= 4 is 40.9 Å². The van der Waals surface area contributed by atoms with Crippen molar-refractivity contribution in [3.8, 4) is 0 Å². The van der Waals surface area contributed by atoms with Crippen LogP contribution < -0.4 is 0 Å². The van der Waals surface area contributed by atoms with Crippen molar-refractivity contribution in [1.82, 2.24) is 0 Å². The molecule has 0 spiro atoms. The van der Waals surface area contributed by atoms with Crippen LogP contribution in [-0.4, -0.2) is 21.7 Å². The van der Waals surface area contributed by atoms with Crippen molar-refractivity contribution in [3.63, 3.8) is 0 Å². The molecular formula is C17H10ClN3O6. The second-order valence-corrected chi connectivity index (χ2v) is 5.92. The minimum Gasteiger partial charge on any atom is -0.402 e. The Labute approximate surface area is 156 Å². The van der Waals surface area contributed by atoms with E-state index in [-0.39, 0.29) is 28.0 Å². The fourth-order valence-corrected chi connectivity index (χ4v) is 2.68. The Balaban J connectivity index is 2.02. The van der Waals surface area contributed by atoms with Gasteiger partial charge in [-0.25, -0.2) is 9.79 Å². The predicted molar refractivity (Wildman–Crippen MR) is 96.5 cm³/mol. The van der Waals surface area contributed by atoms with Crippen LogP contribution in [0.15, 0.2) is 47.1 Å². The van der Waals surface area contributed by atoms with E-state index in [0.29, 0.717) is 16.7 Å². The zero-order valence-electron chi connectivity index (χ0n) is 13.7. The largest absolute Gasteiger partial charge is 0.402 e. The summed E-state index contributed by atoms with van der Waals surface area (Å²) < 4.78 is 5.11. The average Bonchev–Trinajstić information content (AvgIpc) is 2.96. The van der Waals surface area contributed by atoms with Crippen LogP contribution in [0.1, 0.15) is 16.7 Å². The zero-order chi connectivity index (χ0) is 19.7. The van der Waals surface area contributed by atoms with E-state index in [0.717, 1.165) is 0 Å². The molecule has 9 nitrogen and oxygen atoms in total. The number of nitro groups is 2. The van der Waals surface area contributed by atoms with Crippen LogP contribution in [0.25, 0.3) is 6.08 Å². The number of nitro benzene ring substituents is 2. The number of aliphatic imine (C=N–C) groups is 1. The van der Waals surface area contributed by atoms with Gasteiger partial charge in [0.1, 0.15) is 5.02 Å². The molecule has 0 fully saturated rings. The Morgan fingerprint density at radius 2 is 1.81 bits per heavy atom. The molecule has 2 aromatic rings. The van der Waals surface area contributed by atoms with Gasteiger partial charge in [-0.15, -0.1) is 0 Å². The molecule has 0 saturated heterocycles. The van der Waals surface area contributed by atoms with Crippen molar-refractivity contribution in [3.05, 3.63) is 84.0 Å². The Morgan fingerprint density at radius 1 is 1.11 bits per heavy atom. The summed E-state index contributed by atoms with van der Waals surface area (Å²) in [5.41, 5.74) is 0.417. The van der Waals surface area contributed by atoms with E-state index in [4.69, 9.17) is 16.3 Å². The van der Waals surface area contributed by atoms with E-state index < -0.39 is 15.8 Å². The van der Waals surface area contributed by atoms with Gasteiger partial charge in [0.2, 0.25) is 5.90 Å². The number of cyclic esters (lactones) is 1. The van der Waals surface area contributed by atoms with Crippen LogP contribution in [0.5, 0.6) is 0 Å². The summed E-state index contributed by atoms with van der Waals surface area (Å²) in [6.45, 7) is 1.52. The third kappa shape index (κ3) is 3.53. The van der Waals surface area contributed by atoms with Gasteiger partial charge in [-0.2, -0.15) is 0 Å². The third-order valence-corrected chi connectivity index (χ3v) is 4.14. The highest BCUT2D eigenvalue weighted by atomic mass is 35.5. The first-order valence-electron chi connectivity index (χ1n) is 7.49. The molecule has 0 amide bonds. The molecule has 0 aliphatic carbocycles. The minimum absolute atomic E-state index is 0.0347. The number of hydrogen-bond donors (Lipinski definition) is 0. The number of rotatable bonds is 4. The number of carbonyl (C=O) groups is 1. The number of nitrogens with zero attached hydrogens (tertiary/aromatic N) is 3. The fraction of sp³-hybridized carbons (Fsp3) is 0.0588. The Morgan fingerprint density at radius 3 is 2.48 bits per heavy atom. The SMILES string of the molecule is Cc1c(C2=N/C(=C\c3ccc(Cl)c([N+](=O)[O-])c3)C(=O)O2)cccc1[N+](=O)[O-]. The molecule has 10 heteroatoms. The van der Waals surface area contributed by atoms with Gasteiger partial charge in [-0.1, -0.05) is 23.7 Å². The molecule has 3 rings (SSSR count). The number of hydrogen-bond acceptors (Lipinski definition) is 7. The Bertz CT molecular complexity index is 1060. The quantitative estimate of drug-likeness (QED) is 0.340. The number of esters is 1. The third-order valence-electron chi connectivity index (χ3n) is 3.82. The Kier molecular flexibility index (Phi) is 4.70. The molecule has 136 valence electrons. The van der Waals surface area contributed by atoms with Crippen molar-refractivity contribution in [2.75, 3.05) is 0 Å². The minimum atomic E-state index is -0.770. The van der Waals surface area contributed by atoms with Gasteiger partial charge in [0.05, 0.1) is 9.85 Å². The highest BCUT2D eigenvalue weighted by Gasteiger charge is 2.27. The second kappa shape index (κ2) is 6.96. The first-order valence-corrected chi connectivity index (χ1v) is 7.86. The molecule has 1 aliphatic rings. The lowest BCUT2D eigenvalue weighted by molar-refractivity contribution is -0.385. The van der Waals surface area contributed by atoms with E-state index in [1.807, 2.05) is 0 Å². The maximum atomic E-state index is 12.1. The van der Waals surface area contributed by atoms with Gasteiger partial charge >= 0.3 is 5.97 Å². The topological polar surface area (TPSA) is 125 Å². The van der Waals surface area contributed by atoms with Crippen molar-refractivity contribution < 1.29 is 19.4 Å². The molecule has 1 aliphatic heterocycles. The molecule has 0 atom stereocenters. The van der Waals surface area contributed by atoms with Gasteiger partial charge < -0.3 is 4.74 Å². The molecular weight excluding hydrogens is 378 g/mol. The van der Waals surface area contributed by atoms with Gasteiger partial charge in [0, 0.05) is 23.3 Å². The summed E-state index contributed by atoms with van der Waals surface area (Å²) >= 11 is 5.76. The van der Waals surface area contributed by atoms with Crippen LogP contribution in [0.3, 0.4) is 0 Å². The smallest absolute Gasteiger partial charge is 0.363 e. The molecule has 0 aromatic heterocycles. The van der Waals surface area contributed by atoms with E-state index in [1.165, 1.54) is 43.3 Å². The van der Waals surface area contributed by atoms with Crippen LogP contribution in [0, 0.1) is 27.2 Å². The summed E-state index contributed by atoms with van der Waals surface area (Å²) in [6, 6.07) is 8.36. The van der Waals surface area contributed by atoms with Crippen LogP contribution in [0.2, 0.25) is 5.02 Å². The lowest BCUT2D eigenvalue weighted by Gasteiger charge is -2.04. The summed E-state index contributed by atoms with van der Waals surface area (Å²) in [5, 5.41) is 22.0. The second-order valence-electron chi connectivity index (χ2n) is 5.51. The average molecular weight is 388 g/mol. The van der Waals surface area contributed by atoms with E-state index >= 15 is 0 Å². The molecule has 2 aromatic carbocycles. The van der Waals surface area contributed by atoms with Crippen molar-refractivity contribution in [1.29, 1.82) is 0 Å². The number of benzene rings is 2. The lowest BCUT2D eigenvalue weighted by Crippen LogP contribution is -2.08. The molecule has 1 heterocycles. The first kappa shape index (κ1) is 18.2. The van der Waals surface area contributed by atoms with Crippen molar-refractivity contribution in [2.24, 2.45) is 4.99 Å². The first-order chi connectivity index (χ1) is 12.8. The normalized spacial score (nSPS) is 14.8. The van der Waals surface area contributed by atoms with Crippen LogP contribution >= 0.6 is 11.6 Å². The number of ether oxygens (including phenoxy) is 1. The molecule has 0 unspecified atom stereocenters. The van der Waals surface area contributed by atoms with Gasteiger partial charge in [0.25, 0.3) is 11.4 Å². The summed E-state index contributed by atoms with van der Waals surface area (Å²) in [5.74, 6) is -0.843. The van der Waals surface area contributed by atoms with Gasteiger partial charge in [-0.05, 0) is 30.7 Å². The summed E-state index contributed by atoms with van der Waals surface area (Å²) in [4.78, 5) is 37.0. The maximum absolute atomic E-state index is 12.1. The molecule has 27 heavy (non-hydrogen) atoms. The number of halogens is 1. The lowest BCUT2D eigenvalue weighted by atomic mass is 10.1. The maximum Gasteiger partial charge on any atom is 0.363 e. The summed E-state index contributed by atoms with van der Waals surface area (Å²) in [7, 11) is 0. The molecule has 0 N–H and O–H groups in total. The highest BCUT2D eigenvalue weighted by molar-refractivity contribution is 6.32. The Hall–Kier alpha value is -3.59. The van der Waals surface area contributed by atoms with Crippen LogP contribution in [-0.2, 0) is 9.53 Å². The molecule has 0 bridgehead atoms. The number of carbonyl (C=O) groups excluding carboxylic acids is 1. The van der Waals surface area contributed by atoms with Gasteiger partial charge in [-0.3, -0.25) is 20.2 Å². The standard InChI is InChI=1S/C17H10ClN3O6/c1-9-11(3-2-4-14(9)20(23)24)16-19-13(17(22)27-16)7-10-5-6-12(18)15(8-10)21(25)26/h2-8H,1H3/b13-7-. The highest BCUT2D eigenvalue weighted by Crippen LogP contribution is 2.28. The molecule has 0 saturated carbocycles. The zero-order valence-corrected chi connectivity index (χ0v) is 14.5. The monoisotopic (exact) mass is 387 g/mol. The van der Waals surface area contributed by atoms with Gasteiger partial charge in [0.15, 0.2) is 5.70 Å². The van der Waals surface area contributed by atoms with Crippen LogP contribution in [0.4, 0.5) is 11.4 Å². The van der Waals surface area contributed by atoms with E-state index in [1.54, 1.807) is 6.07 Å². The predicted octanol–water partition coefficient (Wildman–Crippen LogP) is 3.81. The van der Waals surface area contributed by atoms with E-state index in [2.05, 4.69) is 4.99 Å². The summed E-state index contributed by atoms with van der Waals surface area (Å²) in [6.07, 6.45) is 1.31. The molecule has 0 radical (unpaired) electrons.